The van der Waals surface area contributed by atoms with Crippen LogP contribution < -0.4 is 15.0 Å². The second kappa shape index (κ2) is 4.47. The molecule has 21 heavy (non-hydrogen) atoms. The van der Waals surface area contributed by atoms with Crippen molar-refractivity contribution in [1.82, 2.24) is 4.98 Å². The number of pyridine rings is 1. The number of aliphatic hydroxyl groups is 2. The van der Waals surface area contributed by atoms with Gasteiger partial charge in [0.15, 0.2) is 0 Å². The van der Waals surface area contributed by atoms with Crippen LogP contribution in [-0.2, 0) is 0 Å². The summed E-state index contributed by atoms with van der Waals surface area (Å²) in [6.45, 7) is 3.33. The van der Waals surface area contributed by atoms with Gasteiger partial charge in [0, 0.05) is 5.39 Å². The Morgan fingerprint density at radius 1 is 1.33 bits per heavy atom. The topological polar surface area (TPSA) is 91.8 Å². The van der Waals surface area contributed by atoms with Crippen LogP contribution in [0.4, 0.5) is 0 Å². The van der Waals surface area contributed by atoms with Crippen LogP contribution in [0.2, 0.25) is 0 Å². The number of hydrogen-bond acceptors (Lipinski definition) is 5. The first kappa shape index (κ1) is 13.9. The smallest absolute Gasteiger partial charge is 0.258 e. The van der Waals surface area contributed by atoms with Gasteiger partial charge in [-0.05, 0) is 26.0 Å². The SMILES string of the molecule is COc1cccc2c3c(c(=O)[nH]c12)[C@H](O)[C@@H](O)C(C)(C)O3. The first-order chi connectivity index (χ1) is 9.86. The molecule has 0 aliphatic carbocycles. The van der Waals surface area contributed by atoms with Crippen molar-refractivity contribution in [3.8, 4) is 11.5 Å². The number of rotatable bonds is 1. The lowest BCUT2D eigenvalue weighted by Crippen LogP contribution is -2.50. The van der Waals surface area contributed by atoms with Crippen molar-refractivity contribution in [2.24, 2.45) is 0 Å². The highest BCUT2D eigenvalue weighted by atomic mass is 16.5. The van der Waals surface area contributed by atoms with Crippen LogP contribution in [0.1, 0.15) is 25.5 Å². The predicted octanol–water partition coefficient (Wildman–Crippen LogP) is 1.10. The number of aliphatic hydroxyl groups excluding tert-OH is 2. The Bertz CT molecular complexity index is 764. The summed E-state index contributed by atoms with van der Waals surface area (Å²) in [5.41, 5.74) is -0.953. The molecule has 0 saturated heterocycles. The molecular weight excluding hydrogens is 274 g/mol. The molecule has 6 nitrogen and oxygen atoms in total. The lowest BCUT2D eigenvalue weighted by molar-refractivity contribution is -0.111. The van der Waals surface area contributed by atoms with E-state index in [-0.39, 0.29) is 11.3 Å². The first-order valence-corrected chi connectivity index (χ1v) is 6.65. The number of benzene rings is 1. The van der Waals surface area contributed by atoms with Gasteiger partial charge < -0.3 is 24.7 Å². The second-order valence-corrected chi connectivity index (χ2v) is 5.67. The number of fused-ring (bicyclic) bond motifs is 3. The molecule has 0 amide bonds. The maximum Gasteiger partial charge on any atom is 0.258 e. The molecule has 0 unspecified atom stereocenters. The fourth-order valence-corrected chi connectivity index (χ4v) is 2.69. The first-order valence-electron chi connectivity index (χ1n) is 6.65. The van der Waals surface area contributed by atoms with Crippen molar-refractivity contribution < 1.29 is 19.7 Å². The molecule has 112 valence electrons. The number of ether oxygens (including phenoxy) is 2. The van der Waals surface area contributed by atoms with Crippen molar-refractivity contribution in [3.63, 3.8) is 0 Å². The molecule has 1 aliphatic rings. The van der Waals surface area contributed by atoms with Gasteiger partial charge in [-0.1, -0.05) is 6.07 Å². The van der Waals surface area contributed by atoms with Crippen LogP contribution in [0.25, 0.3) is 10.9 Å². The van der Waals surface area contributed by atoms with E-state index in [2.05, 4.69) is 4.98 Å². The number of nitrogens with one attached hydrogen (secondary N) is 1. The van der Waals surface area contributed by atoms with E-state index in [4.69, 9.17) is 9.47 Å². The summed E-state index contributed by atoms with van der Waals surface area (Å²) in [5, 5.41) is 21.0. The normalized spacial score (nSPS) is 23.5. The Hall–Kier alpha value is -2.05. The van der Waals surface area contributed by atoms with E-state index >= 15 is 0 Å². The third kappa shape index (κ3) is 1.91. The quantitative estimate of drug-likeness (QED) is 0.732. The maximum absolute atomic E-state index is 12.3. The molecule has 0 radical (unpaired) electrons. The number of hydrogen-bond donors (Lipinski definition) is 3. The van der Waals surface area contributed by atoms with Gasteiger partial charge in [-0.15, -0.1) is 0 Å². The maximum atomic E-state index is 12.3. The highest BCUT2D eigenvalue weighted by Gasteiger charge is 2.44. The van der Waals surface area contributed by atoms with Gasteiger partial charge in [0.2, 0.25) is 0 Å². The summed E-state index contributed by atoms with van der Waals surface area (Å²) >= 11 is 0. The molecule has 3 N–H and O–H groups in total. The lowest BCUT2D eigenvalue weighted by Gasteiger charge is -2.39. The van der Waals surface area contributed by atoms with Crippen LogP contribution in [0.15, 0.2) is 23.0 Å². The molecule has 0 saturated carbocycles. The molecule has 3 rings (SSSR count). The lowest BCUT2D eigenvalue weighted by atomic mass is 9.88. The predicted molar refractivity (Wildman–Crippen MR) is 76.8 cm³/mol. The molecule has 0 fully saturated rings. The van der Waals surface area contributed by atoms with Gasteiger partial charge in [0.1, 0.15) is 29.3 Å². The van der Waals surface area contributed by atoms with Crippen LogP contribution in [-0.4, -0.2) is 34.0 Å². The van der Waals surface area contributed by atoms with Crippen LogP contribution in [0, 0.1) is 0 Å². The number of H-pyrrole nitrogens is 1. The van der Waals surface area contributed by atoms with Gasteiger partial charge in [-0.3, -0.25) is 4.79 Å². The fourth-order valence-electron chi connectivity index (χ4n) is 2.69. The number of aromatic nitrogens is 1. The number of methoxy groups -OCH3 is 1. The second-order valence-electron chi connectivity index (χ2n) is 5.67. The van der Waals surface area contributed by atoms with Crippen molar-refractivity contribution >= 4 is 10.9 Å². The van der Waals surface area contributed by atoms with Gasteiger partial charge in [0.05, 0.1) is 18.2 Å². The van der Waals surface area contributed by atoms with Gasteiger partial charge in [-0.2, -0.15) is 0 Å². The third-order valence-electron chi connectivity index (χ3n) is 3.89. The molecule has 6 heteroatoms. The Kier molecular flexibility index (Phi) is 2.96. The van der Waals surface area contributed by atoms with E-state index in [0.29, 0.717) is 16.7 Å². The highest BCUT2D eigenvalue weighted by Crippen LogP contribution is 2.42. The van der Waals surface area contributed by atoms with E-state index in [1.807, 2.05) is 0 Å². The molecule has 1 aliphatic heterocycles. The molecular formula is C15H17NO5. The van der Waals surface area contributed by atoms with Gasteiger partial charge >= 0.3 is 0 Å². The minimum Gasteiger partial charge on any atom is -0.495 e. The van der Waals surface area contributed by atoms with Crippen LogP contribution in [0.3, 0.4) is 0 Å². The minimum atomic E-state index is -1.30. The Morgan fingerprint density at radius 3 is 2.71 bits per heavy atom. The summed E-state index contributed by atoms with van der Waals surface area (Å²) in [4.78, 5) is 14.9. The number of aromatic amines is 1. The summed E-state index contributed by atoms with van der Waals surface area (Å²) in [6.07, 6.45) is -2.49. The summed E-state index contributed by atoms with van der Waals surface area (Å²) in [7, 11) is 1.51. The van der Waals surface area contributed by atoms with E-state index in [1.165, 1.54) is 7.11 Å². The average molecular weight is 291 g/mol. The molecule has 0 bridgehead atoms. The van der Waals surface area contributed by atoms with Crippen LogP contribution in [0.5, 0.6) is 11.5 Å². The van der Waals surface area contributed by atoms with Crippen molar-refractivity contribution in [1.29, 1.82) is 0 Å². The standard InChI is InChI=1S/C15H17NO5/c1-15(2)13(18)11(17)9-12(21-15)7-5-4-6-8(20-3)10(7)16-14(9)19/h4-6,11,13,17-18H,1-3H3,(H,16,19)/t11-,13+/m0/s1. The monoisotopic (exact) mass is 291 g/mol. The van der Waals surface area contributed by atoms with Crippen molar-refractivity contribution in [2.75, 3.05) is 7.11 Å². The average Bonchev–Trinajstić information content (AvgIpc) is 2.44. The summed E-state index contributed by atoms with van der Waals surface area (Å²) < 4.78 is 11.0. The minimum absolute atomic E-state index is 0.0441. The van der Waals surface area contributed by atoms with E-state index < -0.39 is 23.4 Å². The van der Waals surface area contributed by atoms with Crippen molar-refractivity contribution in [2.45, 2.75) is 31.7 Å². The zero-order chi connectivity index (χ0) is 15.4. The zero-order valence-corrected chi connectivity index (χ0v) is 12.0. The van der Waals surface area contributed by atoms with Crippen LogP contribution >= 0.6 is 0 Å². The molecule has 0 spiro atoms. The summed E-state index contributed by atoms with van der Waals surface area (Å²) in [6, 6.07) is 5.27. The van der Waals surface area contributed by atoms with E-state index in [1.54, 1.807) is 32.0 Å². The molecule has 1 aromatic carbocycles. The number of para-hydroxylation sites is 1. The van der Waals surface area contributed by atoms with Gasteiger partial charge in [0.25, 0.3) is 5.56 Å². The fraction of sp³-hybridized carbons (Fsp3) is 0.400. The van der Waals surface area contributed by atoms with E-state index in [0.717, 1.165) is 0 Å². The Morgan fingerprint density at radius 2 is 2.05 bits per heavy atom. The molecule has 2 atom stereocenters. The van der Waals surface area contributed by atoms with E-state index in [9.17, 15) is 15.0 Å². The summed E-state index contributed by atoms with van der Waals surface area (Å²) in [5.74, 6) is 0.796. The molecule has 1 aromatic heterocycles. The highest BCUT2D eigenvalue weighted by molar-refractivity contribution is 5.91. The largest absolute Gasteiger partial charge is 0.495 e. The molecule has 2 heterocycles. The third-order valence-corrected chi connectivity index (χ3v) is 3.89. The van der Waals surface area contributed by atoms with Gasteiger partial charge in [-0.25, -0.2) is 0 Å². The Balaban J connectivity index is 2.39. The molecule has 2 aromatic rings. The van der Waals surface area contributed by atoms with Crippen molar-refractivity contribution in [3.05, 3.63) is 34.1 Å². The zero-order valence-electron chi connectivity index (χ0n) is 12.0. The Labute approximate surface area is 120 Å².